The van der Waals surface area contributed by atoms with Crippen molar-refractivity contribution in [2.45, 2.75) is 45.6 Å². The SMILES string of the molecule is CC(C)Cc1ccc(C(N)CCCC(=O)O)cc1. The van der Waals surface area contributed by atoms with Crippen LogP contribution in [-0.4, -0.2) is 11.1 Å². The van der Waals surface area contributed by atoms with Gasteiger partial charge in [0.2, 0.25) is 0 Å². The first-order chi connectivity index (χ1) is 8.49. The van der Waals surface area contributed by atoms with Crippen LogP contribution in [0.1, 0.15) is 50.3 Å². The Morgan fingerprint density at radius 3 is 2.39 bits per heavy atom. The smallest absolute Gasteiger partial charge is 0.303 e. The Kier molecular flexibility index (Phi) is 5.86. The molecule has 1 atom stereocenters. The Bertz CT molecular complexity index is 371. The van der Waals surface area contributed by atoms with E-state index in [0.29, 0.717) is 12.3 Å². The van der Waals surface area contributed by atoms with E-state index in [1.807, 2.05) is 0 Å². The van der Waals surface area contributed by atoms with Gasteiger partial charge in [0.05, 0.1) is 0 Å². The fourth-order valence-electron chi connectivity index (χ4n) is 2.01. The van der Waals surface area contributed by atoms with Crippen molar-refractivity contribution < 1.29 is 9.90 Å². The molecule has 0 aliphatic carbocycles. The fourth-order valence-corrected chi connectivity index (χ4v) is 2.01. The van der Waals surface area contributed by atoms with E-state index in [-0.39, 0.29) is 12.5 Å². The lowest BCUT2D eigenvalue weighted by Crippen LogP contribution is -2.11. The zero-order valence-corrected chi connectivity index (χ0v) is 11.2. The average Bonchev–Trinajstić information content (AvgIpc) is 2.28. The van der Waals surface area contributed by atoms with Crippen LogP contribution < -0.4 is 5.73 Å². The number of aliphatic carboxylic acids is 1. The second kappa shape index (κ2) is 7.17. The lowest BCUT2D eigenvalue weighted by Gasteiger charge is -2.12. The van der Waals surface area contributed by atoms with E-state index in [1.54, 1.807) is 0 Å². The summed E-state index contributed by atoms with van der Waals surface area (Å²) in [5, 5.41) is 8.58. The quantitative estimate of drug-likeness (QED) is 0.780. The molecule has 0 aliphatic rings. The van der Waals surface area contributed by atoms with Crippen molar-refractivity contribution in [2.24, 2.45) is 11.7 Å². The Hall–Kier alpha value is -1.35. The first-order valence-corrected chi connectivity index (χ1v) is 6.55. The number of nitrogens with two attached hydrogens (primary N) is 1. The molecule has 0 bridgehead atoms. The molecular formula is C15H23NO2. The molecule has 0 heterocycles. The molecule has 0 saturated heterocycles. The fraction of sp³-hybridized carbons (Fsp3) is 0.533. The van der Waals surface area contributed by atoms with Crippen LogP contribution in [0.2, 0.25) is 0 Å². The van der Waals surface area contributed by atoms with Crippen LogP contribution >= 0.6 is 0 Å². The van der Waals surface area contributed by atoms with Crippen molar-refractivity contribution in [1.29, 1.82) is 0 Å². The molecule has 0 radical (unpaired) electrons. The normalized spacial score (nSPS) is 12.7. The van der Waals surface area contributed by atoms with E-state index in [0.717, 1.165) is 18.4 Å². The molecule has 3 heteroatoms. The molecule has 1 aromatic rings. The number of carboxylic acids is 1. The van der Waals surface area contributed by atoms with Gasteiger partial charge in [-0.05, 0) is 36.3 Å². The second-order valence-electron chi connectivity index (χ2n) is 5.23. The predicted molar refractivity (Wildman–Crippen MR) is 73.4 cm³/mol. The van der Waals surface area contributed by atoms with Gasteiger partial charge in [0, 0.05) is 12.5 Å². The molecule has 0 saturated carbocycles. The predicted octanol–water partition coefficient (Wildman–Crippen LogP) is 3.14. The van der Waals surface area contributed by atoms with Gasteiger partial charge >= 0.3 is 5.97 Å². The molecule has 0 amide bonds. The first-order valence-electron chi connectivity index (χ1n) is 6.55. The van der Waals surface area contributed by atoms with Crippen molar-refractivity contribution in [1.82, 2.24) is 0 Å². The summed E-state index contributed by atoms with van der Waals surface area (Å²) in [6.45, 7) is 4.40. The summed E-state index contributed by atoms with van der Waals surface area (Å²) in [5.74, 6) is -0.102. The standard InChI is InChI=1S/C15H23NO2/c1-11(2)10-12-6-8-13(9-7-12)14(16)4-3-5-15(17)18/h6-9,11,14H,3-5,10,16H2,1-2H3,(H,17,18). The molecule has 0 aromatic heterocycles. The summed E-state index contributed by atoms with van der Waals surface area (Å²) in [5.41, 5.74) is 8.46. The molecule has 0 fully saturated rings. The number of rotatable bonds is 7. The van der Waals surface area contributed by atoms with Crippen LogP contribution in [0.25, 0.3) is 0 Å². The maximum atomic E-state index is 10.4. The van der Waals surface area contributed by atoms with Gasteiger partial charge in [0.25, 0.3) is 0 Å². The summed E-state index contributed by atoms with van der Waals surface area (Å²) < 4.78 is 0. The Morgan fingerprint density at radius 2 is 1.89 bits per heavy atom. The molecule has 0 spiro atoms. The summed E-state index contributed by atoms with van der Waals surface area (Å²) >= 11 is 0. The lowest BCUT2D eigenvalue weighted by atomic mass is 9.97. The summed E-state index contributed by atoms with van der Waals surface area (Å²) in [4.78, 5) is 10.4. The molecule has 1 rings (SSSR count). The topological polar surface area (TPSA) is 63.3 Å². The molecular weight excluding hydrogens is 226 g/mol. The minimum atomic E-state index is -0.755. The van der Waals surface area contributed by atoms with Crippen LogP contribution in [0, 0.1) is 5.92 Å². The Labute approximate surface area is 109 Å². The monoisotopic (exact) mass is 249 g/mol. The van der Waals surface area contributed by atoms with Crippen LogP contribution in [0.3, 0.4) is 0 Å². The molecule has 1 unspecified atom stereocenters. The maximum Gasteiger partial charge on any atom is 0.303 e. The van der Waals surface area contributed by atoms with Crippen molar-refractivity contribution in [3.05, 3.63) is 35.4 Å². The zero-order chi connectivity index (χ0) is 13.5. The van der Waals surface area contributed by atoms with Crippen LogP contribution in [-0.2, 0) is 11.2 Å². The van der Waals surface area contributed by atoms with Crippen LogP contribution in [0.4, 0.5) is 0 Å². The Morgan fingerprint density at radius 1 is 1.28 bits per heavy atom. The second-order valence-corrected chi connectivity index (χ2v) is 5.23. The van der Waals surface area contributed by atoms with Gasteiger partial charge in [-0.25, -0.2) is 0 Å². The van der Waals surface area contributed by atoms with Gasteiger partial charge < -0.3 is 10.8 Å². The molecule has 3 nitrogen and oxygen atoms in total. The number of carboxylic acid groups (broad SMARTS) is 1. The number of hydrogen-bond donors (Lipinski definition) is 2. The minimum Gasteiger partial charge on any atom is -0.481 e. The van der Waals surface area contributed by atoms with Crippen molar-refractivity contribution >= 4 is 5.97 Å². The summed E-state index contributed by atoms with van der Waals surface area (Å²) in [6.07, 6.45) is 2.62. The maximum absolute atomic E-state index is 10.4. The molecule has 1 aromatic carbocycles. The van der Waals surface area contributed by atoms with Gasteiger partial charge in [-0.1, -0.05) is 38.1 Å². The number of benzene rings is 1. The van der Waals surface area contributed by atoms with Crippen molar-refractivity contribution in [3.8, 4) is 0 Å². The zero-order valence-electron chi connectivity index (χ0n) is 11.2. The van der Waals surface area contributed by atoms with Gasteiger partial charge in [0.1, 0.15) is 0 Å². The molecule has 0 aliphatic heterocycles. The molecule has 18 heavy (non-hydrogen) atoms. The lowest BCUT2D eigenvalue weighted by molar-refractivity contribution is -0.137. The van der Waals surface area contributed by atoms with Gasteiger partial charge in [-0.15, -0.1) is 0 Å². The van der Waals surface area contributed by atoms with E-state index in [9.17, 15) is 4.79 Å². The minimum absolute atomic E-state index is 0.0579. The third-order valence-corrected chi connectivity index (χ3v) is 2.96. The molecule has 3 N–H and O–H groups in total. The van der Waals surface area contributed by atoms with Gasteiger partial charge in [-0.2, -0.15) is 0 Å². The van der Waals surface area contributed by atoms with Gasteiger partial charge in [-0.3, -0.25) is 4.79 Å². The number of carbonyl (C=O) groups is 1. The summed E-state index contributed by atoms with van der Waals surface area (Å²) in [7, 11) is 0. The van der Waals surface area contributed by atoms with Crippen molar-refractivity contribution in [3.63, 3.8) is 0 Å². The van der Waals surface area contributed by atoms with E-state index < -0.39 is 5.97 Å². The summed E-state index contributed by atoms with van der Waals surface area (Å²) in [6, 6.07) is 8.29. The largest absolute Gasteiger partial charge is 0.481 e. The average molecular weight is 249 g/mol. The van der Waals surface area contributed by atoms with Crippen molar-refractivity contribution in [2.75, 3.05) is 0 Å². The Balaban J connectivity index is 2.48. The van der Waals surface area contributed by atoms with E-state index in [4.69, 9.17) is 10.8 Å². The van der Waals surface area contributed by atoms with E-state index in [2.05, 4.69) is 38.1 Å². The third-order valence-electron chi connectivity index (χ3n) is 2.96. The number of hydrogen-bond acceptors (Lipinski definition) is 2. The van der Waals surface area contributed by atoms with E-state index in [1.165, 1.54) is 5.56 Å². The third kappa shape index (κ3) is 5.32. The van der Waals surface area contributed by atoms with Crippen LogP contribution in [0.15, 0.2) is 24.3 Å². The highest BCUT2D eigenvalue weighted by Crippen LogP contribution is 2.18. The first kappa shape index (κ1) is 14.7. The van der Waals surface area contributed by atoms with Crippen LogP contribution in [0.5, 0.6) is 0 Å². The highest BCUT2D eigenvalue weighted by molar-refractivity contribution is 5.66. The van der Waals surface area contributed by atoms with E-state index >= 15 is 0 Å². The highest BCUT2D eigenvalue weighted by atomic mass is 16.4. The highest BCUT2D eigenvalue weighted by Gasteiger charge is 2.07. The van der Waals surface area contributed by atoms with Gasteiger partial charge in [0.15, 0.2) is 0 Å². The molecule has 100 valence electrons.